The summed E-state index contributed by atoms with van der Waals surface area (Å²) in [5.74, 6) is 0.632. The highest BCUT2D eigenvalue weighted by atomic mass is 32.1. The minimum absolute atomic E-state index is 0.194. The van der Waals surface area contributed by atoms with Gasteiger partial charge in [-0.05, 0) is 0 Å². The number of hydrogen-bond acceptors (Lipinski definition) is 6. The van der Waals surface area contributed by atoms with Crippen LogP contribution in [0.15, 0.2) is 17.1 Å². The molecule has 25 heavy (non-hydrogen) atoms. The molecule has 2 aromatic rings. The van der Waals surface area contributed by atoms with Crippen molar-refractivity contribution in [1.29, 1.82) is 0 Å². The Hall–Kier alpha value is -2.35. The monoisotopic (exact) mass is 364 g/mol. The van der Waals surface area contributed by atoms with Crippen molar-refractivity contribution in [3.05, 3.63) is 16.9 Å². The van der Waals surface area contributed by atoms with Gasteiger partial charge in [0.05, 0.1) is 23.7 Å². The van der Waals surface area contributed by atoms with Gasteiger partial charge in [0.1, 0.15) is 13.2 Å². The Bertz CT molecular complexity index is 881. The average molecular weight is 364 g/mol. The molecule has 3 rings (SSSR count). The summed E-state index contributed by atoms with van der Waals surface area (Å²) in [5.41, 5.74) is 0.855. The number of benzene rings is 1. The third-order valence-corrected chi connectivity index (χ3v) is 4.85. The van der Waals surface area contributed by atoms with E-state index in [4.69, 9.17) is 14.2 Å². The van der Waals surface area contributed by atoms with Crippen LogP contribution in [0.2, 0.25) is 0 Å². The summed E-state index contributed by atoms with van der Waals surface area (Å²) < 4.78 is 18.8. The SMILES string of the molecule is COC(=O)CCn1c(=NC(=O)C(C)C)sc2cc3c(cc21)OCCO3. The lowest BCUT2D eigenvalue weighted by atomic mass is 10.2. The fourth-order valence-electron chi connectivity index (χ4n) is 2.44. The van der Waals surface area contributed by atoms with Crippen LogP contribution in [0.5, 0.6) is 11.5 Å². The summed E-state index contributed by atoms with van der Waals surface area (Å²) >= 11 is 1.39. The molecule has 8 heteroatoms. The van der Waals surface area contributed by atoms with Crippen molar-refractivity contribution in [3.63, 3.8) is 0 Å². The molecule has 0 N–H and O–H groups in total. The first-order chi connectivity index (χ1) is 12.0. The van der Waals surface area contributed by atoms with E-state index in [-0.39, 0.29) is 24.2 Å². The average Bonchev–Trinajstić information content (AvgIpc) is 2.93. The molecule has 0 spiro atoms. The first-order valence-corrected chi connectivity index (χ1v) is 8.89. The predicted octanol–water partition coefficient (Wildman–Crippen LogP) is 2.12. The van der Waals surface area contributed by atoms with E-state index in [0.717, 1.165) is 10.2 Å². The van der Waals surface area contributed by atoms with Crippen LogP contribution in [0.1, 0.15) is 20.3 Å². The molecule has 0 fully saturated rings. The number of fused-ring (bicyclic) bond motifs is 2. The second-order valence-electron chi connectivity index (χ2n) is 5.93. The first-order valence-electron chi connectivity index (χ1n) is 8.08. The highest BCUT2D eigenvalue weighted by Gasteiger charge is 2.17. The quantitative estimate of drug-likeness (QED) is 0.777. The molecule has 1 aromatic carbocycles. The van der Waals surface area contributed by atoms with Gasteiger partial charge in [-0.15, -0.1) is 0 Å². The van der Waals surface area contributed by atoms with Gasteiger partial charge in [0, 0.05) is 24.6 Å². The Kier molecular flexibility index (Phi) is 5.08. The fourth-order valence-corrected chi connectivity index (χ4v) is 3.51. The lowest BCUT2D eigenvalue weighted by Crippen LogP contribution is -2.20. The van der Waals surface area contributed by atoms with E-state index in [1.165, 1.54) is 18.4 Å². The number of ether oxygens (including phenoxy) is 3. The van der Waals surface area contributed by atoms with Gasteiger partial charge in [-0.1, -0.05) is 25.2 Å². The van der Waals surface area contributed by atoms with Gasteiger partial charge in [0.2, 0.25) is 0 Å². The van der Waals surface area contributed by atoms with E-state index < -0.39 is 0 Å². The normalized spacial score (nSPS) is 14.2. The van der Waals surface area contributed by atoms with Crippen LogP contribution in [0.4, 0.5) is 0 Å². The number of amides is 1. The largest absolute Gasteiger partial charge is 0.486 e. The maximum Gasteiger partial charge on any atom is 0.307 e. The topological polar surface area (TPSA) is 79.1 Å². The highest BCUT2D eigenvalue weighted by Crippen LogP contribution is 2.35. The third-order valence-electron chi connectivity index (χ3n) is 3.81. The van der Waals surface area contributed by atoms with Gasteiger partial charge in [0.15, 0.2) is 16.3 Å². The van der Waals surface area contributed by atoms with Crippen LogP contribution in [0.25, 0.3) is 10.2 Å². The molecule has 0 unspecified atom stereocenters. The molecular weight excluding hydrogens is 344 g/mol. The number of esters is 1. The first kappa shape index (κ1) is 17.5. The number of nitrogens with zero attached hydrogens (tertiary/aromatic N) is 2. The molecule has 1 aromatic heterocycles. The Morgan fingerprint density at radius 2 is 1.96 bits per heavy atom. The van der Waals surface area contributed by atoms with Crippen LogP contribution in [0.3, 0.4) is 0 Å². The number of carbonyl (C=O) groups excluding carboxylic acids is 2. The van der Waals surface area contributed by atoms with Gasteiger partial charge in [-0.2, -0.15) is 4.99 Å². The lowest BCUT2D eigenvalue weighted by molar-refractivity contribution is -0.140. The maximum absolute atomic E-state index is 12.1. The molecule has 0 aliphatic carbocycles. The van der Waals surface area contributed by atoms with Crippen molar-refractivity contribution in [1.82, 2.24) is 4.57 Å². The van der Waals surface area contributed by atoms with Crippen molar-refractivity contribution < 1.29 is 23.8 Å². The van der Waals surface area contributed by atoms with Crippen LogP contribution >= 0.6 is 11.3 Å². The summed E-state index contributed by atoms with van der Waals surface area (Å²) in [5, 5.41) is 0. The van der Waals surface area contributed by atoms with Gasteiger partial charge in [0.25, 0.3) is 5.91 Å². The molecule has 134 valence electrons. The Morgan fingerprint density at radius 3 is 2.60 bits per heavy atom. The molecule has 0 radical (unpaired) electrons. The van der Waals surface area contributed by atoms with Crippen molar-refractivity contribution in [2.75, 3.05) is 20.3 Å². The lowest BCUT2D eigenvalue weighted by Gasteiger charge is -2.18. The zero-order valence-electron chi connectivity index (χ0n) is 14.4. The summed E-state index contributed by atoms with van der Waals surface area (Å²) in [6.45, 7) is 4.98. The van der Waals surface area contributed by atoms with Gasteiger partial charge in [-0.3, -0.25) is 9.59 Å². The molecule has 1 amide bonds. The van der Waals surface area contributed by atoms with E-state index in [2.05, 4.69) is 4.99 Å². The molecule has 1 aliphatic heterocycles. The van der Waals surface area contributed by atoms with Crippen molar-refractivity contribution in [2.45, 2.75) is 26.8 Å². The van der Waals surface area contributed by atoms with E-state index in [9.17, 15) is 9.59 Å². The van der Waals surface area contributed by atoms with Crippen LogP contribution in [-0.4, -0.2) is 36.8 Å². The van der Waals surface area contributed by atoms with E-state index in [1.807, 2.05) is 16.7 Å². The number of hydrogen-bond donors (Lipinski definition) is 0. The number of carbonyl (C=O) groups is 2. The van der Waals surface area contributed by atoms with E-state index in [0.29, 0.717) is 36.1 Å². The zero-order valence-corrected chi connectivity index (χ0v) is 15.2. The fraction of sp³-hybridized carbons (Fsp3) is 0.471. The van der Waals surface area contributed by atoms with E-state index >= 15 is 0 Å². The van der Waals surface area contributed by atoms with Crippen molar-refractivity contribution >= 4 is 33.4 Å². The molecular formula is C17H20N2O5S. The molecule has 7 nitrogen and oxygen atoms in total. The zero-order chi connectivity index (χ0) is 18.0. The number of aryl methyl sites for hydroxylation is 1. The minimum atomic E-state index is -0.314. The second kappa shape index (κ2) is 7.26. The molecule has 0 saturated heterocycles. The Morgan fingerprint density at radius 1 is 1.28 bits per heavy atom. The maximum atomic E-state index is 12.1. The molecule has 0 saturated carbocycles. The summed E-state index contributed by atoms with van der Waals surface area (Å²) in [6.07, 6.45) is 0.194. The summed E-state index contributed by atoms with van der Waals surface area (Å²) in [6, 6.07) is 3.76. The summed E-state index contributed by atoms with van der Waals surface area (Å²) in [7, 11) is 1.36. The van der Waals surface area contributed by atoms with Crippen molar-refractivity contribution in [2.24, 2.45) is 10.9 Å². The Balaban J connectivity index is 2.12. The van der Waals surface area contributed by atoms with Crippen molar-refractivity contribution in [3.8, 4) is 11.5 Å². The van der Waals surface area contributed by atoms with Crippen LogP contribution in [0, 0.1) is 5.92 Å². The van der Waals surface area contributed by atoms with Crippen LogP contribution < -0.4 is 14.3 Å². The molecule has 1 aliphatic rings. The predicted molar refractivity (Wildman–Crippen MR) is 92.8 cm³/mol. The summed E-state index contributed by atoms with van der Waals surface area (Å²) in [4.78, 5) is 28.4. The second-order valence-corrected chi connectivity index (χ2v) is 6.94. The van der Waals surface area contributed by atoms with Gasteiger partial charge < -0.3 is 18.8 Å². The highest BCUT2D eigenvalue weighted by molar-refractivity contribution is 7.16. The number of rotatable bonds is 4. The van der Waals surface area contributed by atoms with E-state index in [1.54, 1.807) is 13.8 Å². The van der Waals surface area contributed by atoms with Crippen LogP contribution in [-0.2, 0) is 20.9 Å². The van der Waals surface area contributed by atoms with Gasteiger partial charge in [-0.25, -0.2) is 0 Å². The van der Waals surface area contributed by atoms with Gasteiger partial charge >= 0.3 is 5.97 Å². The number of aromatic nitrogens is 1. The number of thiazole rings is 1. The standard InChI is InChI=1S/C17H20N2O5S/c1-10(2)16(21)18-17-19(5-4-15(20)22-3)11-8-12-13(9-14(11)25-17)24-7-6-23-12/h8-10H,4-7H2,1-3H3. The minimum Gasteiger partial charge on any atom is -0.486 e. The molecule has 0 bridgehead atoms. The smallest absolute Gasteiger partial charge is 0.307 e. The molecule has 0 atom stereocenters. The Labute approximate surface area is 148 Å². The third kappa shape index (κ3) is 3.68. The molecule has 2 heterocycles. The number of methoxy groups -OCH3 is 1.